The molecule has 1 aromatic carbocycles. The van der Waals surface area contributed by atoms with E-state index in [1.165, 1.54) is 6.07 Å². The number of pyridine rings is 2. The van der Waals surface area contributed by atoms with E-state index < -0.39 is 0 Å². The number of amides is 1. The molecular weight excluding hydrogens is 318 g/mol. The Labute approximate surface area is 142 Å². The van der Waals surface area contributed by atoms with Crippen LogP contribution in [0.1, 0.15) is 10.4 Å². The highest BCUT2D eigenvalue weighted by Crippen LogP contribution is 2.17. The molecule has 0 saturated carbocycles. The van der Waals surface area contributed by atoms with Gasteiger partial charge in [-0.05, 0) is 18.2 Å². The van der Waals surface area contributed by atoms with E-state index in [1.807, 2.05) is 6.07 Å². The molecule has 0 spiro atoms. The van der Waals surface area contributed by atoms with Crippen molar-refractivity contribution in [3.8, 4) is 5.82 Å². The molecule has 2 N–H and O–H groups in total. The molecule has 0 unspecified atom stereocenters. The molecule has 0 fully saturated rings. The first-order valence-electron chi connectivity index (χ1n) is 7.58. The number of nitrogens with zero attached hydrogens (tertiary/aromatic N) is 3. The molecular formula is C18H13N5O2. The van der Waals surface area contributed by atoms with Gasteiger partial charge in [-0.1, -0.05) is 18.2 Å². The van der Waals surface area contributed by atoms with Crippen LogP contribution in [0.4, 0.5) is 5.69 Å². The number of para-hydroxylation sites is 1. The van der Waals surface area contributed by atoms with Crippen molar-refractivity contribution in [2.24, 2.45) is 0 Å². The fourth-order valence-electron chi connectivity index (χ4n) is 2.60. The first-order valence-corrected chi connectivity index (χ1v) is 7.58. The summed E-state index contributed by atoms with van der Waals surface area (Å²) in [6.45, 7) is 0. The van der Waals surface area contributed by atoms with Crippen LogP contribution in [-0.4, -0.2) is 25.4 Å². The summed E-state index contributed by atoms with van der Waals surface area (Å²) in [5.74, 6) is 0.330. The second-order valence-electron chi connectivity index (χ2n) is 5.42. The van der Waals surface area contributed by atoms with Gasteiger partial charge in [-0.2, -0.15) is 0 Å². The number of rotatable bonds is 3. The Morgan fingerprint density at radius 2 is 2.04 bits per heavy atom. The molecule has 0 saturated heterocycles. The number of anilines is 1. The number of carbonyl (C=O) groups is 1. The van der Waals surface area contributed by atoms with E-state index in [4.69, 9.17) is 0 Å². The third-order valence-corrected chi connectivity index (χ3v) is 3.77. The van der Waals surface area contributed by atoms with E-state index in [2.05, 4.69) is 20.3 Å². The number of benzene rings is 1. The molecule has 0 atom stereocenters. The van der Waals surface area contributed by atoms with Crippen LogP contribution in [0.15, 0.2) is 72.2 Å². The fraction of sp³-hybridized carbons (Fsp3) is 0. The third kappa shape index (κ3) is 2.90. The lowest BCUT2D eigenvalue weighted by Crippen LogP contribution is -2.17. The van der Waals surface area contributed by atoms with Crippen molar-refractivity contribution >= 4 is 22.5 Å². The van der Waals surface area contributed by atoms with E-state index in [0.717, 1.165) is 0 Å². The summed E-state index contributed by atoms with van der Waals surface area (Å²) >= 11 is 0. The van der Waals surface area contributed by atoms with Crippen LogP contribution < -0.4 is 10.9 Å². The lowest BCUT2D eigenvalue weighted by atomic mass is 10.1. The number of hydrogen-bond acceptors (Lipinski definition) is 4. The smallest absolute Gasteiger partial charge is 0.256 e. The van der Waals surface area contributed by atoms with Gasteiger partial charge >= 0.3 is 0 Å². The van der Waals surface area contributed by atoms with Crippen LogP contribution >= 0.6 is 0 Å². The molecule has 4 aromatic rings. The largest absolute Gasteiger partial charge is 0.322 e. The summed E-state index contributed by atoms with van der Waals surface area (Å²) in [6.07, 6.45) is 6.64. The van der Waals surface area contributed by atoms with E-state index in [0.29, 0.717) is 28.0 Å². The van der Waals surface area contributed by atoms with Gasteiger partial charge in [0.2, 0.25) is 5.56 Å². The van der Waals surface area contributed by atoms with Crippen molar-refractivity contribution in [2.75, 3.05) is 5.32 Å². The van der Waals surface area contributed by atoms with Crippen LogP contribution in [0.2, 0.25) is 0 Å². The van der Waals surface area contributed by atoms with Gasteiger partial charge in [0.05, 0.1) is 17.4 Å². The first kappa shape index (κ1) is 14.8. The predicted molar refractivity (Wildman–Crippen MR) is 93.9 cm³/mol. The van der Waals surface area contributed by atoms with Crippen LogP contribution in [0.5, 0.6) is 0 Å². The zero-order chi connectivity index (χ0) is 17.2. The number of nitrogens with one attached hydrogen (secondary N) is 2. The van der Waals surface area contributed by atoms with E-state index in [9.17, 15) is 9.59 Å². The normalized spacial score (nSPS) is 10.7. The van der Waals surface area contributed by atoms with Crippen molar-refractivity contribution in [1.82, 2.24) is 19.5 Å². The molecule has 0 bridgehead atoms. The monoisotopic (exact) mass is 331 g/mol. The Bertz CT molecular complexity index is 1100. The number of aromatic amines is 1. The summed E-state index contributed by atoms with van der Waals surface area (Å²) in [7, 11) is 0. The second kappa shape index (κ2) is 6.04. The van der Waals surface area contributed by atoms with Gasteiger partial charge in [-0.3, -0.25) is 14.2 Å². The Balaban J connectivity index is 1.63. The molecule has 7 heteroatoms. The number of aromatic nitrogens is 4. The molecule has 0 aliphatic rings. The molecule has 3 aromatic heterocycles. The molecule has 7 nitrogen and oxygen atoms in total. The highest BCUT2D eigenvalue weighted by atomic mass is 16.2. The molecule has 0 aliphatic carbocycles. The van der Waals surface area contributed by atoms with Gasteiger partial charge in [0, 0.05) is 29.4 Å². The number of H-pyrrole nitrogens is 1. The van der Waals surface area contributed by atoms with E-state index in [1.54, 1.807) is 59.8 Å². The molecule has 3 heterocycles. The van der Waals surface area contributed by atoms with Crippen molar-refractivity contribution in [2.45, 2.75) is 0 Å². The van der Waals surface area contributed by atoms with Crippen LogP contribution in [-0.2, 0) is 0 Å². The molecule has 0 aliphatic heterocycles. The zero-order valence-corrected chi connectivity index (χ0v) is 13.0. The molecule has 0 radical (unpaired) electrons. The maximum absolute atomic E-state index is 12.6. The predicted octanol–water partition coefficient (Wildman–Crippen LogP) is 2.36. The van der Waals surface area contributed by atoms with Crippen LogP contribution in [0, 0.1) is 0 Å². The van der Waals surface area contributed by atoms with E-state index in [-0.39, 0.29) is 11.5 Å². The van der Waals surface area contributed by atoms with Gasteiger partial charge in [0.15, 0.2) is 0 Å². The highest BCUT2D eigenvalue weighted by molar-refractivity contribution is 6.12. The molecule has 25 heavy (non-hydrogen) atoms. The summed E-state index contributed by atoms with van der Waals surface area (Å²) in [4.78, 5) is 35.3. The quantitative estimate of drug-likeness (QED) is 0.603. The third-order valence-electron chi connectivity index (χ3n) is 3.77. The minimum absolute atomic E-state index is 0.318. The van der Waals surface area contributed by atoms with Crippen LogP contribution in [0.25, 0.3) is 16.7 Å². The second-order valence-corrected chi connectivity index (χ2v) is 5.42. The number of hydrogen-bond donors (Lipinski definition) is 2. The maximum atomic E-state index is 12.6. The van der Waals surface area contributed by atoms with Crippen molar-refractivity contribution in [3.05, 3.63) is 83.3 Å². The summed E-state index contributed by atoms with van der Waals surface area (Å²) in [5.41, 5.74) is 1.16. The fourth-order valence-corrected chi connectivity index (χ4v) is 2.60. The van der Waals surface area contributed by atoms with E-state index >= 15 is 0 Å². The minimum atomic E-state index is -0.362. The lowest BCUT2D eigenvalue weighted by Gasteiger charge is -2.08. The van der Waals surface area contributed by atoms with Gasteiger partial charge in [0.25, 0.3) is 5.91 Å². The summed E-state index contributed by atoms with van der Waals surface area (Å²) in [5, 5.41) is 3.45. The van der Waals surface area contributed by atoms with Crippen LogP contribution in [0.3, 0.4) is 0 Å². The average Bonchev–Trinajstić information content (AvgIpc) is 3.16. The van der Waals surface area contributed by atoms with Crippen molar-refractivity contribution < 1.29 is 4.79 Å². The van der Waals surface area contributed by atoms with Gasteiger partial charge in [-0.15, -0.1) is 0 Å². The molecule has 122 valence electrons. The molecule has 4 rings (SSSR count). The highest BCUT2D eigenvalue weighted by Gasteiger charge is 2.12. The Kier molecular flexibility index (Phi) is 3.59. The minimum Gasteiger partial charge on any atom is -0.322 e. The Hall–Kier alpha value is -3.74. The van der Waals surface area contributed by atoms with Crippen molar-refractivity contribution in [3.63, 3.8) is 0 Å². The summed E-state index contributed by atoms with van der Waals surface area (Å²) in [6, 6.07) is 12.0. The average molecular weight is 331 g/mol. The Morgan fingerprint density at radius 3 is 2.80 bits per heavy atom. The van der Waals surface area contributed by atoms with Gasteiger partial charge in [0.1, 0.15) is 12.1 Å². The maximum Gasteiger partial charge on any atom is 0.256 e. The van der Waals surface area contributed by atoms with Crippen molar-refractivity contribution in [1.29, 1.82) is 0 Å². The van der Waals surface area contributed by atoms with Gasteiger partial charge in [-0.25, -0.2) is 9.97 Å². The van der Waals surface area contributed by atoms with Gasteiger partial charge < -0.3 is 10.3 Å². The summed E-state index contributed by atoms with van der Waals surface area (Å²) < 4.78 is 1.76. The standard InChI is InChI=1S/C18H13N5O2/c24-17-9-14(13-3-1-2-4-15(13)22-17)18(25)21-12-5-6-16(20-10-12)23-8-7-19-11-23/h1-11H,(H,21,25)(H,22,24). The number of fused-ring (bicyclic) bond motifs is 1. The zero-order valence-electron chi connectivity index (χ0n) is 13.0. The number of imidazole rings is 1. The Morgan fingerprint density at radius 1 is 1.16 bits per heavy atom. The lowest BCUT2D eigenvalue weighted by molar-refractivity contribution is 0.102. The molecule has 1 amide bonds. The topological polar surface area (TPSA) is 92.7 Å². The number of carbonyl (C=O) groups excluding carboxylic acids is 1. The SMILES string of the molecule is O=C(Nc1ccc(-n2ccnc2)nc1)c1cc(=O)[nH]c2ccccc12. The first-order chi connectivity index (χ1) is 12.2.